The summed E-state index contributed by atoms with van der Waals surface area (Å²) < 4.78 is 7.46. The third-order valence-electron chi connectivity index (χ3n) is 6.83. The van der Waals surface area contributed by atoms with Crippen LogP contribution in [0.3, 0.4) is 0 Å². The maximum absolute atomic E-state index is 13.8. The number of ether oxygens (including phenoxy) is 1. The van der Waals surface area contributed by atoms with Crippen LogP contribution in [0.25, 0.3) is 28.1 Å². The Hall–Kier alpha value is -3.53. The molecule has 2 amide bonds. The van der Waals surface area contributed by atoms with E-state index in [4.69, 9.17) is 38.8 Å². The van der Waals surface area contributed by atoms with Crippen LogP contribution >= 0.6 is 35.0 Å². The Morgan fingerprint density at radius 1 is 1.05 bits per heavy atom. The second kappa shape index (κ2) is 10.5. The highest BCUT2D eigenvalue weighted by Crippen LogP contribution is 2.48. The van der Waals surface area contributed by atoms with Gasteiger partial charge in [0, 0.05) is 57.5 Å². The topological polar surface area (TPSA) is 103 Å². The average Bonchev–Trinajstić information content (AvgIpc) is 3.30. The number of nitrogens with two attached hydrogens (primary N) is 1. The Balaban J connectivity index is 1.79. The molecular weight excluding hydrogens is 569 g/mol. The number of hydrogen-bond donors (Lipinski definition) is 1. The number of benzene rings is 2. The van der Waals surface area contributed by atoms with Gasteiger partial charge in [-0.1, -0.05) is 23.2 Å². The molecule has 0 unspecified atom stereocenters. The minimum Gasteiger partial charge on any atom is -0.496 e. The van der Waals surface area contributed by atoms with Crippen molar-refractivity contribution < 1.29 is 14.3 Å². The van der Waals surface area contributed by atoms with Crippen LogP contribution in [0.1, 0.15) is 47.2 Å². The minimum absolute atomic E-state index is 0.196. The molecule has 2 N–H and O–H groups in total. The number of carbonyl (C=O) groups is 2. The Morgan fingerprint density at radius 2 is 1.75 bits per heavy atom. The Labute approximate surface area is 246 Å². The quantitative estimate of drug-likeness (QED) is 0.283. The molecule has 40 heavy (non-hydrogen) atoms. The van der Waals surface area contributed by atoms with Crippen molar-refractivity contribution in [1.82, 2.24) is 19.7 Å². The van der Waals surface area contributed by atoms with Gasteiger partial charge in [-0.15, -0.1) is 11.8 Å². The monoisotopic (exact) mass is 595 g/mol. The van der Waals surface area contributed by atoms with Crippen molar-refractivity contribution in [2.45, 2.75) is 37.0 Å². The highest BCUT2D eigenvalue weighted by Gasteiger charge is 2.34. The molecular formula is C29H27Cl2N5O3S. The molecule has 4 aromatic rings. The van der Waals surface area contributed by atoms with Crippen molar-refractivity contribution in [1.29, 1.82) is 0 Å². The maximum Gasteiger partial charge on any atom is 0.275 e. The molecule has 0 saturated heterocycles. The molecule has 0 spiro atoms. The van der Waals surface area contributed by atoms with Gasteiger partial charge in [0.05, 0.1) is 29.0 Å². The summed E-state index contributed by atoms with van der Waals surface area (Å²) in [5.41, 5.74) is 10.3. The summed E-state index contributed by atoms with van der Waals surface area (Å²) in [6.45, 7) is 5.92. The van der Waals surface area contributed by atoms with Gasteiger partial charge < -0.3 is 15.4 Å². The number of primary amides is 1. The number of nitrogens with zero attached hydrogens (tertiary/aromatic N) is 4. The van der Waals surface area contributed by atoms with E-state index in [1.807, 2.05) is 32.9 Å². The van der Waals surface area contributed by atoms with Crippen molar-refractivity contribution in [3.05, 3.63) is 75.7 Å². The zero-order valence-corrected chi connectivity index (χ0v) is 24.9. The standard InChI is InChI=1S/C29H27Cl2N5O3S/c1-29(2,3)35(4)28(38)24-26-25(36(34-24)20-9-18(30)8-19(31)10-20)22-11-21(23(39-5)7-17(22)14-40-26)15-6-16(27(32)37)13-33-12-15/h6-13H,14H2,1-5H3,(H2,32,37). The molecule has 206 valence electrons. The van der Waals surface area contributed by atoms with Gasteiger partial charge in [0.15, 0.2) is 5.69 Å². The summed E-state index contributed by atoms with van der Waals surface area (Å²) in [6.07, 6.45) is 3.07. The van der Waals surface area contributed by atoms with E-state index in [0.717, 1.165) is 21.7 Å². The third kappa shape index (κ3) is 5.05. The summed E-state index contributed by atoms with van der Waals surface area (Å²) in [5.74, 6) is 0.442. The lowest BCUT2D eigenvalue weighted by Crippen LogP contribution is -2.42. The molecule has 0 saturated carbocycles. The van der Waals surface area contributed by atoms with Gasteiger partial charge in [-0.2, -0.15) is 5.10 Å². The van der Waals surface area contributed by atoms with E-state index in [1.165, 1.54) is 18.0 Å². The van der Waals surface area contributed by atoms with Gasteiger partial charge in [0.25, 0.3) is 5.91 Å². The number of rotatable bonds is 5. The highest BCUT2D eigenvalue weighted by molar-refractivity contribution is 7.98. The number of hydrogen-bond acceptors (Lipinski definition) is 6. The molecule has 0 fully saturated rings. The summed E-state index contributed by atoms with van der Waals surface area (Å²) in [7, 11) is 3.36. The summed E-state index contributed by atoms with van der Waals surface area (Å²) in [5, 5.41) is 5.73. The molecule has 8 nitrogen and oxygen atoms in total. The van der Waals surface area contributed by atoms with Crippen LogP contribution in [0.5, 0.6) is 5.75 Å². The molecule has 1 aliphatic heterocycles. The van der Waals surface area contributed by atoms with E-state index in [9.17, 15) is 9.59 Å². The molecule has 3 heterocycles. The van der Waals surface area contributed by atoms with Crippen LogP contribution in [0.4, 0.5) is 0 Å². The zero-order chi connectivity index (χ0) is 28.9. The second-order valence-electron chi connectivity index (χ2n) is 10.4. The van der Waals surface area contributed by atoms with Crippen LogP contribution in [-0.4, -0.2) is 51.2 Å². The first-order chi connectivity index (χ1) is 18.9. The number of carbonyl (C=O) groups excluding carboxylic acids is 2. The molecule has 2 aromatic carbocycles. The third-order valence-corrected chi connectivity index (χ3v) is 8.40. The molecule has 0 bridgehead atoms. The Kier molecular flexibility index (Phi) is 7.33. The predicted octanol–water partition coefficient (Wildman–Crippen LogP) is 6.49. The number of amides is 2. The first kappa shape index (κ1) is 28.0. The summed E-state index contributed by atoms with van der Waals surface area (Å²) in [6, 6.07) is 10.8. The Bertz CT molecular complexity index is 1660. The van der Waals surface area contributed by atoms with E-state index in [-0.39, 0.29) is 11.5 Å². The second-order valence-corrected chi connectivity index (χ2v) is 12.3. The van der Waals surface area contributed by atoms with Crippen molar-refractivity contribution >= 4 is 46.8 Å². The van der Waals surface area contributed by atoms with E-state index in [2.05, 4.69) is 4.98 Å². The first-order valence-electron chi connectivity index (χ1n) is 12.4. The molecule has 2 aromatic heterocycles. The Morgan fingerprint density at radius 3 is 2.38 bits per heavy atom. The van der Waals surface area contributed by atoms with E-state index in [1.54, 1.807) is 54.2 Å². The predicted molar refractivity (Wildman–Crippen MR) is 159 cm³/mol. The number of pyridine rings is 1. The molecule has 0 radical (unpaired) electrons. The smallest absolute Gasteiger partial charge is 0.275 e. The van der Waals surface area contributed by atoms with E-state index >= 15 is 0 Å². The van der Waals surface area contributed by atoms with E-state index in [0.29, 0.717) is 44.1 Å². The summed E-state index contributed by atoms with van der Waals surface area (Å²) >= 11 is 14.3. The van der Waals surface area contributed by atoms with Crippen LogP contribution < -0.4 is 10.5 Å². The van der Waals surface area contributed by atoms with Crippen LogP contribution in [0.15, 0.2) is 53.7 Å². The fourth-order valence-electron chi connectivity index (χ4n) is 4.46. The van der Waals surface area contributed by atoms with Crippen molar-refractivity contribution in [2.75, 3.05) is 14.2 Å². The van der Waals surface area contributed by atoms with Gasteiger partial charge in [0.2, 0.25) is 5.91 Å². The minimum atomic E-state index is -0.577. The number of thioether (sulfide) groups is 1. The highest BCUT2D eigenvalue weighted by atomic mass is 35.5. The van der Waals surface area contributed by atoms with Gasteiger partial charge in [-0.25, -0.2) is 4.68 Å². The lowest BCUT2D eigenvalue weighted by molar-refractivity contribution is 0.0645. The van der Waals surface area contributed by atoms with E-state index < -0.39 is 11.4 Å². The lowest BCUT2D eigenvalue weighted by atomic mass is 9.96. The van der Waals surface area contributed by atoms with Crippen LogP contribution in [0.2, 0.25) is 10.0 Å². The van der Waals surface area contributed by atoms with Crippen molar-refractivity contribution in [3.63, 3.8) is 0 Å². The molecule has 11 heteroatoms. The van der Waals surface area contributed by atoms with Gasteiger partial charge >= 0.3 is 0 Å². The van der Waals surface area contributed by atoms with Crippen LogP contribution in [-0.2, 0) is 5.75 Å². The van der Waals surface area contributed by atoms with Crippen LogP contribution in [0, 0.1) is 0 Å². The van der Waals surface area contributed by atoms with Gasteiger partial charge in [0.1, 0.15) is 5.75 Å². The molecule has 5 rings (SSSR count). The number of aromatic nitrogens is 3. The maximum atomic E-state index is 13.8. The SMILES string of the molecule is COc1cc2c(cc1-c1cncc(C(N)=O)c1)-c1c(c(C(=O)N(C)C(C)(C)C)nn1-c1cc(Cl)cc(Cl)c1)SC2. The molecule has 0 aliphatic carbocycles. The largest absolute Gasteiger partial charge is 0.496 e. The number of methoxy groups -OCH3 is 1. The summed E-state index contributed by atoms with van der Waals surface area (Å²) in [4.78, 5) is 32.3. The number of halogens is 2. The molecule has 0 atom stereocenters. The molecule has 1 aliphatic rings. The van der Waals surface area contributed by atoms with Gasteiger partial charge in [-0.05, 0) is 62.7 Å². The normalized spacial score (nSPS) is 12.5. The fraction of sp³-hybridized carbons (Fsp3) is 0.241. The van der Waals surface area contributed by atoms with Crippen molar-refractivity contribution in [3.8, 4) is 33.8 Å². The zero-order valence-electron chi connectivity index (χ0n) is 22.6. The fourth-order valence-corrected chi connectivity index (χ4v) is 6.11. The van der Waals surface area contributed by atoms with Crippen molar-refractivity contribution in [2.24, 2.45) is 5.73 Å². The number of fused-ring (bicyclic) bond motifs is 3. The first-order valence-corrected chi connectivity index (χ1v) is 14.1. The lowest BCUT2D eigenvalue weighted by Gasteiger charge is -2.31. The average molecular weight is 597 g/mol. The van der Waals surface area contributed by atoms with Gasteiger partial charge in [-0.3, -0.25) is 14.6 Å².